The molecule has 0 radical (unpaired) electrons. The molecule has 1 aliphatic rings. The lowest BCUT2D eigenvalue weighted by atomic mass is 10.0. The van der Waals surface area contributed by atoms with Crippen LogP contribution in [0.2, 0.25) is 0 Å². The fraction of sp³-hybridized carbons (Fsp3) is 0.382. The monoisotopic (exact) mass is 718 g/mol. The normalized spacial score (nSPS) is 20.3. The molecule has 1 saturated heterocycles. The molecule has 3 aromatic rings. The van der Waals surface area contributed by atoms with Crippen molar-refractivity contribution in [3.63, 3.8) is 0 Å². The molecule has 1 fully saturated rings. The summed E-state index contributed by atoms with van der Waals surface area (Å²) in [7, 11) is 0. The number of fused-ring (bicyclic) bond motifs is 1. The minimum atomic E-state index is -1.19. The van der Waals surface area contributed by atoms with Gasteiger partial charge in [0.15, 0.2) is 11.9 Å². The van der Waals surface area contributed by atoms with Gasteiger partial charge in [-0.2, -0.15) is 0 Å². The van der Waals surface area contributed by atoms with Gasteiger partial charge < -0.3 is 59.6 Å². The number of phenolic OH excluding ortho intramolecular Hbond substituents is 1. The van der Waals surface area contributed by atoms with Crippen molar-refractivity contribution in [1.29, 1.82) is 0 Å². The summed E-state index contributed by atoms with van der Waals surface area (Å²) in [6.07, 6.45) is 2.48. The minimum absolute atomic E-state index is 0.00914. The van der Waals surface area contributed by atoms with Crippen LogP contribution < -0.4 is 49.5 Å². The van der Waals surface area contributed by atoms with Crippen LogP contribution >= 0.6 is 0 Å². The lowest BCUT2D eigenvalue weighted by Crippen LogP contribution is -2.58. The first-order valence-corrected chi connectivity index (χ1v) is 16.8. The number of para-hydroxylation sites is 1. The first-order valence-electron chi connectivity index (χ1n) is 16.8. The predicted molar refractivity (Wildman–Crippen MR) is 194 cm³/mol. The molecule has 4 atom stereocenters. The second kappa shape index (κ2) is 18.6. The number of aromatic amines is 1. The highest BCUT2D eigenvalue weighted by molar-refractivity contribution is 5.97. The number of nitrogens with zero attached hydrogens (tertiary/aromatic N) is 2. The number of rotatable bonds is 12. The number of benzene rings is 2. The van der Waals surface area contributed by atoms with Gasteiger partial charge in [-0.15, -0.1) is 0 Å². The second-order valence-corrected chi connectivity index (χ2v) is 12.4. The van der Waals surface area contributed by atoms with Crippen LogP contribution in [-0.2, 0) is 36.8 Å². The lowest BCUT2D eigenvalue weighted by molar-refractivity contribution is -0.134. The Bertz CT molecular complexity index is 1780. The van der Waals surface area contributed by atoms with E-state index in [1.807, 2.05) is 24.3 Å². The Hall–Kier alpha value is -6.33. The highest BCUT2D eigenvalue weighted by Crippen LogP contribution is 2.19. The van der Waals surface area contributed by atoms with Crippen molar-refractivity contribution < 1.29 is 29.1 Å². The maximum atomic E-state index is 13.9. The molecule has 5 amide bonds. The summed E-state index contributed by atoms with van der Waals surface area (Å²) < 4.78 is 0. The van der Waals surface area contributed by atoms with E-state index in [1.54, 1.807) is 18.3 Å². The van der Waals surface area contributed by atoms with Crippen LogP contribution in [-0.4, -0.2) is 95.3 Å². The molecule has 2 aromatic carbocycles. The van der Waals surface area contributed by atoms with E-state index < -0.39 is 60.2 Å². The molecular formula is C34H46N12O6. The van der Waals surface area contributed by atoms with Gasteiger partial charge in [-0.25, -0.2) is 0 Å². The van der Waals surface area contributed by atoms with Crippen LogP contribution in [0.3, 0.4) is 0 Å². The summed E-state index contributed by atoms with van der Waals surface area (Å²) >= 11 is 0. The van der Waals surface area contributed by atoms with Gasteiger partial charge in [0.2, 0.25) is 29.5 Å². The minimum Gasteiger partial charge on any atom is -0.508 e. The van der Waals surface area contributed by atoms with Gasteiger partial charge in [-0.1, -0.05) is 30.3 Å². The number of hydrogen-bond donors (Lipinski definition) is 11. The average Bonchev–Trinajstić information content (AvgIpc) is 3.51. The van der Waals surface area contributed by atoms with Crippen molar-refractivity contribution >= 4 is 52.4 Å². The molecule has 1 aromatic heterocycles. The summed E-state index contributed by atoms with van der Waals surface area (Å²) in [6, 6.07) is 8.80. The van der Waals surface area contributed by atoms with Gasteiger partial charge in [-0.05, 0) is 55.0 Å². The van der Waals surface area contributed by atoms with Crippen molar-refractivity contribution in [3.05, 3.63) is 65.9 Å². The Morgan fingerprint density at radius 1 is 0.673 bits per heavy atom. The third kappa shape index (κ3) is 11.6. The van der Waals surface area contributed by atoms with Crippen LogP contribution in [0.15, 0.2) is 64.7 Å². The Balaban J connectivity index is 1.68. The highest BCUT2D eigenvalue weighted by Gasteiger charge is 2.32. The van der Waals surface area contributed by atoms with E-state index in [0.717, 1.165) is 16.5 Å². The summed E-state index contributed by atoms with van der Waals surface area (Å²) in [6.45, 7) is -0.201. The Morgan fingerprint density at radius 3 is 1.81 bits per heavy atom. The van der Waals surface area contributed by atoms with Gasteiger partial charge in [0.25, 0.3) is 0 Å². The molecule has 0 aliphatic carbocycles. The lowest BCUT2D eigenvalue weighted by Gasteiger charge is -2.26. The molecule has 278 valence electrons. The van der Waals surface area contributed by atoms with Crippen LogP contribution in [0.25, 0.3) is 10.9 Å². The molecule has 0 bridgehead atoms. The van der Waals surface area contributed by atoms with E-state index in [4.69, 9.17) is 22.9 Å². The van der Waals surface area contributed by atoms with E-state index in [1.165, 1.54) is 12.1 Å². The predicted octanol–water partition coefficient (Wildman–Crippen LogP) is -2.17. The molecule has 0 unspecified atom stereocenters. The largest absolute Gasteiger partial charge is 0.508 e. The molecule has 52 heavy (non-hydrogen) atoms. The standard InChI is InChI=1S/C34H46N12O6/c35-33(36)39-13-3-7-24-30(50)44-25(8-4-14-40-34(37)38)31(51)46-27(16-20-17-41-23-6-2-1-5-22(20)23)29(49)42-18-28(48)43-26(32(52)45-24)15-19-9-11-21(47)12-10-19/h1-2,5-6,9-12,17,24-27,41,47H,3-4,7-8,13-16,18H2,(H,42,49)(H,43,48)(H,44,50)(H,45,52)(H,46,51)(H4,35,36,39)(H4,37,38,40)/t24-,25-,26+,27-/m0/s1. The molecule has 0 spiro atoms. The number of amides is 5. The number of nitrogens with two attached hydrogens (primary N) is 4. The first-order chi connectivity index (χ1) is 24.9. The molecule has 1 aliphatic heterocycles. The number of carbonyl (C=O) groups excluding carboxylic acids is 5. The molecule has 15 N–H and O–H groups in total. The summed E-state index contributed by atoms with van der Waals surface area (Å²) in [4.78, 5) is 79.4. The Morgan fingerprint density at radius 2 is 1.21 bits per heavy atom. The van der Waals surface area contributed by atoms with Crippen LogP contribution in [0.4, 0.5) is 0 Å². The number of phenols is 1. The SMILES string of the molecule is NC(N)=NCCC[C@@H]1NC(=O)[C@H](CCCN=C(N)N)NC(=O)[C@@H](Cc2ccc(O)cc2)NC(=O)CNC(=O)[C@H](Cc2c[nH]c3ccccc23)NC1=O. The van der Waals surface area contributed by atoms with Crippen molar-refractivity contribution in [2.75, 3.05) is 19.6 Å². The zero-order valence-corrected chi connectivity index (χ0v) is 28.6. The smallest absolute Gasteiger partial charge is 0.243 e. The Kier molecular flexibility index (Phi) is 13.8. The van der Waals surface area contributed by atoms with Crippen LogP contribution in [0, 0.1) is 0 Å². The van der Waals surface area contributed by atoms with Crippen molar-refractivity contribution in [2.24, 2.45) is 32.9 Å². The molecule has 18 heteroatoms. The number of guanidine groups is 2. The molecular weight excluding hydrogens is 672 g/mol. The molecule has 18 nitrogen and oxygen atoms in total. The number of aromatic hydroxyl groups is 1. The van der Waals surface area contributed by atoms with Gasteiger partial charge in [-0.3, -0.25) is 34.0 Å². The van der Waals surface area contributed by atoms with E-state index in [2.05, 4.69) is 41.6 Å². The zero-order chi connectivity index (χ0) is 37.6. The third-order valence-corrected chi connectivity index (χ3v) is 8.34. The maximum Gasteiger partial charge on any atom is 0.243 e. The van der Waals surface area contributed by atoms with Gasteiger partial charge in [0.05, 0.1) is 6.54 Å². The number of carbonyl (C=O) groups is 5. The highest BCUT2D eigenvalue weighted by atomic mass is 16.3. The van der Waals surface area contributed by atoms with Gasteiger partial charge in [0.1, 0.15) is 29.9 Å². The molecule has 0 saturated carbocycles. The summed E-state index contributed by atoms with van der Waals surface area (Å²) in [5, 5.41) is 24.0. The second-order valence-electron chi connectivity index (χ2n) is 12.4. The zero-order valence-electron chi connectivity index (χ0n) is 28.6. The summed E-state index contributed by atoms with van der Waals surface area (Å²) in [5.74, 6) is -3.68. The quantitative estimate of drug-likeness (QED) is 0.0547. The number of hydrogen-bond acceptors (Lipinski definition) is 8. The van der Waals surface area contributed by atoms with Crippen LogP contribution in [0.5, 0.6) is 5.75 Å². The van der Waals surface area contributed by atoms with Crippen molar-refractivity contribution in [1.82, 2.24) is 31.6 Å². The number of nitrogens with one attached hydrogen (secondary N) is 6. The van der Waals surface area contributed by atoms with Gasteiger partial charge >= 0.3 is 0 Å². The number of aliphatic imine (C=N–C) groups is 2. The van der Waals surface area contributed by atoms with Gasteiger partial charge in [0, 0.05) is 43.0 Å². The fourth-order valence-corrected chi connectivity index (χ4v) is 5.70. The fourth-order valence-electron chi connectivity index (χ4n) is 5.70. The number of H-pyrrole nitrogens is 1. The van der Waals surface area contributed by atoms with E-state index >= 15 is 0 Å². The van der Waals surface area contributed by atoms with Crippen molar-refractivity contribution in [3.8, 4) is 5.75 Å². The number of aromatic nitrogens is 1. The Labute approximate surface area is 299 Å². The average molecular weight is 719 g/mol. The van der Waals surface area contributed by atoms with Crippen molar-refractivity contribution in [2.45, 2.75) is 62.7 Å². The van der Waals surface area contributed by atoms with E-state index in [-0.39, 0.29) is 69.3 Å². The first kappa shape index (κ1) is 38.5. The van der Waals surface area contributed by atoms with E-state index in [0.29, 0.717) is 5.56 Å². The molecule has 2 heterocycles. The van der Waals surface area contributed by atoms with E-state index in [9.17, 15) is 29.1 Å². The maximum absolute atomic E-state index is 13.9. The topological polar surface area (TPSA) is 310 Å². The summed E-state index contributed by atoms with van der Waals surface area (Å²) in [5.41, 5.74) is 24.0. The molecule has 4 rings (SSSR count). The van der Waals surface area contributed by atoms with Crippen LogP contribution in [0.1, 0.15) is 36.8 Å². The third-order valence-electron chi connectivity index (χ3n) is 8.34.